The fraction of sp³-hybridized carbons (Fsp3) is 0.550. The van der Waals surface area contributed by atoms with Crippen molar-refractivity contribution >= 4 is 27.3 Å². The average molecular weight is 376 g/mol. The molecule has 26 heavy (non-hydrogen) atoms. The van der Waals surface area contributed by atoms with Gasteiger partial charge in [0.15, 0.2) is 11.6 Å². The van der Waals surface area contributed by atoms with Crippen LogP contribution >= 0.6 is 11.3 Å². The number of piperidine rings is 3. The smallest absolute Gasteiger partial charge is 0.261 e. The highest BCUT2D eigenvalue weighted by molar-refractivity contribution is 7.21. The Morgan fingerprint density at radius 2 is 2.12 bits per heavy atom. The molecule has 2 bridgehead atoms. The van der Waals surface area contributed by atoms with Gasteiger partial charge in [-0.3, -0.25) is 9.69 Å². The predicted octanol–water partition coefficient (Wildman–Crippen LogP) is 4.04. The lowest BCUT2D eigenvalue weighted by atomic mass is 9.72. The van der Waals surface area contributed by atoms with Gasteiger partial charge in [0, 0.05) is 11.6 Å². The first kappa shape index (κ1) is 17.7. The SMILES string of the molecule is CCOc1c(F)ccc2cc(C(=O)N[C@@H]3C4CCN(CC4)C3(C)C)sc12. The third-order valence-corrected chi connectivity index (χ3v) is 7.13. The van der Waals surface area contributed by atoms with Crippen molar-refractivity contribution in [1.82, 2.24) is 10.2 Å². The Kier molecular flexibility index (Phi) is 4.43. The fourth-order valence-corrected chi connectivity index (χ4v) is 5.58. The number of nitrogens with zero attached hydrogens (tertiary/aromatic N) is 1. The number of hydrogen-bond donors (Lipinski definition) is 1. The van der Waals surface area contributed by atoms with Gasteiger partial charge in [-0.2, -0.15) is 0 Å². The van der Waals surface area contributed by atoms with Crippen LogP contribution in [0.4, 0.5) is 4.39 Å². The van der Waals surface area contributed by atoms with Gasteiger partial charge >= 0.3 is 0 Å². The number of carbonyl (C=O) groups excluding carboxylic acids is 1. The third-order valence-electron chi connectivity index (χ3n) is 5.98. The number of rotatable bonds is 4. The van der Waals surface area contributed by atoms with Crippen LogP contribution in [0.3, 0.4) is 0 Å². The lowest BCUT2D eigenvalue weighted by Gasteiger charge is -2.56. The summed E-state index contributed by atoms with van der Waals surface area (Å²) in [5.74, 6) is 0.328. The van der Waals surface area contributed by atoms with Crippen LogP contribution in [0.15, 0.2) is 18.2 Å². The number of fused-ring (bicyclic) bond motifs is 4. The number of carbonyl (C=O) groups is 1. The molecule has 4 heterocycles. The maximum Gasteiger partial charge on any atom is 0.261 e. The second kappa shape index (κ2) is 6.50. The van der Waals surface area contributed by atoms with Crippen LogP contribution in [-0.2, 0) is 0 Å². The Morgan fingerprint density at radius 1 is 1.38 bits per heavy atom. The molecule has 1 N–H and O–H groups in total. The highest BCUT2D eigenvalue weighted by Gasteiger charge is 2.48. The van der Waals surface area contributed by atoms with E-state index >= 15 is 0 Å². The van der Waals surface area contributed by atoms with Crippen LogP contribution in [0.1, 0.15) is 43.3 Å². The molecule has 4 nitrogen and oxygen atoms in total. The van der Waals surface area contributed by atoms with E-state index in [1.807, 2.05) is 13.0 Å². The summed E-state index contributed by atoms with van der Waals surface area (Å²) < 4.78 is 20.2. The van der Waals surface area contributed by atoms with Gasteiger partial charge in [0.05, 0.1) is 16.2 Å². The molecule has 140 valence electrons. The van der Waals surface area contributed by atoms with Gasteiger partial charge in [-0.05, 0) is 70.1 Å². The topological polar surface area (TPSA) is 41.6 Å². The molecule has 6 heteroatoms. The Bertz CT molecular complexity index is 840. The molecule has 3 saturated heterocycles. The minimum Gasteiger partial charge on any atom is -0.489 e. The van der Waals surface area contributed by atoms with Gasteiger partial charge in [0.1, 0.15) is 0 Å². The van der Waals surface area contributed by atoms with Crippen molar-refractivity contribution in [2.24, 2.45) is 5.92 Å². The van der Waals surface area contributed by atoms with Crippen LogP contribution in [0.5, 0.6) is 5.75 Å². The maximum absolute atomic E-state index is 14.1. The number of benzene rings is 1. The third kappa shape index (κ3) is 2.79. The first-order valence-corrected chi connectivity index (χ1v) is 10.1. The molecule has 1 aromatic heterocycles. The minimum atomic E-state index is -0.383. The number of halogens is 1. The predicted molar refractivity (Wildman–Crippen MR) is 103 cm³/mol. The molecule has 2 aromatic rings. The molecule has 3 aliphatic rings. The molecular weight excluding hydrogens is 351 g/mol. The summed E-state index contributed by atoms with van der Waals surface area (Å²) in [4.78, 5) is 16.0. The number of thiophene rings is 1. The second-order valence-electron chi connectivity index (χ2n) is 7.77. The van der Waals surface area contributed by atoms with Crippen LogP contribution in [-0.4, -0.2) is 42.1 Å². The lowest BCUT2D eigenvalue weighted by molar-refractivity contribution is -0.0377. The number of ether oxygens (including phenoxy) is 1. The zero-order chi connectivity index (χ0) is 18.5. The van der Waals surface area contributed by atoms with Gasteiger partial charge in [0.2, 0.25) is 0 Å². The van der Waals surface area contributed by atoms with Crippen LogP contribution < -0.4 is 10.1 Å². The quantitative estimate of drug-likeness (QED) is 0.876. The van der Waals surface area contributed by atoms with Crippen molar-refractivity contribution in [3.8, 4) is 5.75 Å². The van der Waals surface area contributed by atoms with E-state index in [2.05, 4.69) is 24.1 Å². The van der Waals surface area contributed by atoms with Crippen LogP contribution in [0.25, 0.3) is 10.1 Å². The van der Waals surface area contributed by atoms with Crippen molar-refractivity contribution < 1.29 is 13.9 Å². The van der Waals surface area contributed by atoms with Gasteiger partial charge in [-0.15, -0.1) is 11.3 Å². The summed E-state index contributed by atoms with van der Waals surface area (Å²) in [5, 5.41) is 4.12. The number of amides is 1. The normalized spacial score (nSPS) is 26.8. The zero-order valence-corrected chi connectivity index (χ0v) is 16.3. The van der Waals surface area contributed by atoms with Crippen molar-refractivity contribution in [3.05, 3.63) is 28.9 Å². The van der Waals surface area contributed by atoms with E-state index in [-0.39, 0.29) is 29.1 Å². The van der Waals surface area contributed by atoms with Crippen molar-refractivity contribution in [3.63, 3.8) is 0 Å². The summed E-state index contributed by atoms with van der Waals surface area (Å²) in [5.41, 5.74) is -0.0316. The molecular formula is C20H25FN2O2S. The molecule has 0 radical (unpaired) electrons. The maximum atomic E-state index is 14.1. The Labute approximate surface area is 157 Å². The number of hydrogen-bond acceptors (Lipinski definition) is 4. The summed E-state index contributed by atoms with van der Waals surface area (Å²) in [6.07, 6.45) is 2.28. The summed E-state index contributed by atoms with van der Waals surface area (Å²) in [7, 11) is 0. The number of nitrogens with one attached hydrogen (secondary N) is 1. The molecule has 1 amide bonds. The highest BCUT2D eigenvalue weighted by Crippen LogP contribution is 2.40. The van der Waals surface area contributed by atoms with Crippen molar-refractivity contribution in [1.29, 1.82) is 0 Å². The van der Waals surface area contributed by atoms with E-state index in [0.717, 1.165) is 31.3 Å². The van der Waals surface area contributed by atoms with E-state index in [4.69, 9.17) is 4.74 Å². The summed E-state index contributed by atoms with van der Waals surface area (Å²) in [6.45, 7) is 8.89. The van der Waals surface area contributed by atoms with Gasteiger partial charge in [-0.25, -0.2) is 4.39 Å². The Morgan fingerprint density at radius 3 is 2.77 bits per heavy atom. The van der Waals surface area contributed by atoms with E-state index in [1.54, 1.807) is 6.07 Å². The molecule has 3 fully saturated rings. The molecule has 0 unspecified atom stereocenters. The Balaban J connectivity index is 1.62. The first-order valence-electron chi connectivity index (χ1n) is 9.32. The largest absolute Gasteiger partial charge is 0.489 e. The molecule has 0 aliphatic carbocycles. The monoisotopic (exact) mass is 376 g/mol. The Hall–Kier alpha value is -1.66. The molecule has 5 rings (SSSR count). The standard InChI is InChI=1S/C20H25FN2O2S/c1-4-25-16-14(21)6-5-13-11-15(26-17(13)16)19(24)22-18-12-7-9-23(10-8-12)20(18,2)3/h5-6,11-12,18H,4,7-10H2,1-3H3,(H,22,24)/t18-/m1/s1. The first-order chi connectivity index (χ1) is 12.4. The van der Waals surface area contributed by atoms with E-state index in [0.29, 0.717) is 22.1 Å². The van der Waals surface area contributed by atoms with E-state index < -0.39 is 0 Å². The fourth-order valence-electron chi connectivity index (χ4n) is 4.53. The minimum absolute atomic E-state index is 0.0316. The van der Waals surface area contributed by atoms with Gasteiger partial charge in [-0.1, -0.05) is 6.07 Å². The van der Waals surface area contributed by atoms with E-state index in [1.165, 1.54) is 17.4 Å². The molecule has 0 spiro atoms. The lowest BCUT2D eigenvalue weighted by Crippen LogP contribution is -2.69. The van der Waals surface area contributed by atoms with Crippen molar-refractivity contribution in [2.75, 3.05) is 19.7 Å². The van der Waals surface area contributed by atoms with Gasteiger partial charge < -0.3 is 10.1 Å². The highest BCUT2D eigenvalue weighted by atomic mass is 32.1. The van der Waals surface area contributed by atoms with E-state index in [9.17, 15) is 9.18 Å². The van der Waals surface area contributed by atoms with Crippen molar-refractivity contribution in [2.45, 2.75) is 45.2 Å². The summed E-state index contributed by atoms with van der Waals surface area (Å²) >= 11 is 1.30. The molecule has 1 aromatic carbocycles. The molecule has 0 saturated carbocycles. The average Bonchev–Trinajstić information content (AvgIpc) is 3.05. The molecule has 3 aliphatic heterocycles. The molecule has 1 atom stereocenters. The van der Waals surface area contributed by atoms with Crippen LogP contribution in [0, 0.1) is 11.7 Å². The van der Waals surface area contributed by atoms with Crippen LogP contribution in [0.2, 0.25) is 0 Å². The van der Waals surface area contributed by atoms with Gasteiger partial charge in [0.25, 0.3) is 5.91 Å². The second-order valence-corrected chi connectivity index (χ2v) is 8.82. The summed E-state index contributed by atoms with van der Waals surface area (Å²) in [6, 6.07) is 5.09. The zero-order valence-electron chi connectivity index (χ0n) is 15.5.